The first kappa shape index (κ1) is 20.1. The first-order chi connectivity index (χ1) is 18.3. The topological polar surface area (TPSA) is 38.9 Å². The molecule has 4 aliphatic rings. The summed E-state index contributed by atoms with van der Waals surface area (Å²) in [4.78, 5) is 0. The molecule has 1 heterocycles. The van der Waals surface area contributed by atoms with E-state index in [1.54, 1.807) is 0 Å². The van der Waals surface area contributed by atoms with Crippen molar-refractivity contribution in [3.63, 3.8) is 0 Å². The van der Waals surface area contributed by atoms with Gasteiger partial charge in [-0.1, -0.05) is 36.4 Å². The van der Waals surface area contributed by atoms with Gasteiger partial charge in [-0.05, 0) is 142 Å². The Morgan fingerprint density at radius 2 is 0.703 bits per heavy atom. The van der Waals surface area contributed by atoms with Crippen molar-refractivity contribution in [2.45, 2.75) is 51.4 Å². The van der Waals surface area contributed by atoms with Gasteiger partial charge in [0, 0.05) is 11.1 Å². The molecule has 0 bridgehead atoms. The summed E-state index contributed by atoms with van der Waals surface area (Å²) in [6, 6.07) is 22.9. The molecule has 0 unspecified atom stereocenters. The fourth-order valence-electron chi connectivity index (χ4n) is 7.53. The average molecular weight is 479 g/mol. The van der Waals surface area contributed by atoms with Crippen LogP contribution in [0.5, 0.6) is 0 Å². The number of aromatic nitrogens is 2. The molecule has 0 saturated carbocycles. The second kappa shape index (κ2) is 7.29. The zero-order valence-electron chi connectivity index (χ0n) is 20.7. The van der Waals surface area contributed by atoms with E-state index in [-0.39, 0.29) is 0 Å². The van der Waals surface area contributed by atoms with Crippen LogP contribution >= 0.6 is 0 Å². The van der Waals surface area contributed by atoms with Crippen molar-refractivity contribution in [2.75, 3.05) is 0 Å². The molecule has 0 amide bonds. The van der Waals surface area contributed by atoms with Crippen molar-refractivity contribution in [1.29, 1.82) is 0 Å². The second-order valence-corrected chi connectivity index (χ2v) is 11.2. The van der Waals surface area contributed by atoms with E-state index in [2.05, 4.69) is 70.9 Å². The van der Waals surface area contributed by atoms with Crippen molar-refractivity contribution in [1.82, 2.24) is 10.2 Å². The number of rotatable bonds is 2. The number of hydrogen-bond donors (Lipinski definition) is 0. The highest BCUT2D eigenvalue weighted by Gasteiger charge is 2.29. The Hall–Kier alpha value is -3.98. The summed E-state index contributed by atoms with van der Waals surface area (Å²) in [5, 5.41) is 9.09. The summed E-state index contributed by atoms with van der Waals surface area (Å²) in [6.07, 6.45) is 8.73. The predicted octanol–water partition coefficient (Wildman–Crippen LogP) is 7.13. The predicted molar refractivity (Wildman–Crippen MR) is 146 cm³/mol. The van der Waals surface area contributed by atoms with Crippen LogP contribution in [0.1, 0.15) is 44.5 Å². The van der Waals surface area contributed by atoms with Crippen molar-refractivity contribution >= 4 is 0 Å². The lowest BCUT2D eigenvalue weighted by atomic mass is 9.75. The van der Waals surface area contributed by atoms with E-state index in [0.29, 0.717) is 11.8 Å². The van der Waals surface area contributed by atoms with Crippen LogP contribution in [0.4, 0.5) is 0 Å². The standard InChI is InChI=1S/C34H26N2O/c1-3-19-7-11-23-15-27(16-24-12-8-20(4-1)29(19)31(23)24)33-35-36-34(37-33)28-17-25-13-9-21-5-2-6-22-10-14-26(18-28)32(25)30(21)22/h1-6,15-18H,7-14H2. The van der Waals surface area contributed by atoms with E-state index in [1.165, 1.54) is 66.8 Å². The third-order valence-electron chi connectivity index (χ3n) is 9.15. The molecule has 0 spiro atoms. The largest absolute Gasteiger partial charge is 0.416 e. The fourth-order valence-corrected chi connectivity index (χ4v) is 7.53. The van der Waals surface area contributed by atoms with E-state index in [4.69, 9.17) is 4.42 Å². The third-order valence-corrected chi connectivity index (χ3v) is 9.15. The lowest BCUT2D eigenvalue weighted by molar-refractivity contribution is 0.584. The zero-order valence-corrected chi connectivity index (χ0v) is 20.7. The van der Waals surface area contributed by atoms with E-state index in [9.17, 15) is 0 Å². The highest BCUT2D eigenvalue weighted by atomic mass is 16.4. The van der Waals surface area contributed by atoms with Crippen LogP contribution < -0.4 is 0 Å². The molecular formula is C34H26N2O. The van der Waals surface area contributed by atoms with Crippen molar-refractivity contribution in [3.05, 3.63) is 105 Å². The van der Waals surface area contributed by atoms with Gasteiger partial charge in [0.05, 0.1) is 0 Å². The van der Waals surface area contributed by atoms with Crippen LogP contribution in [0.15, 0.2) is 65.1 Å². The average Bonchev–Trinajstić information content (AvgIpc) is 3.45. The van der Waals surface area contributed by atoms with Crippen LogP contribution in [-0.2, 0) is 51.4 Å². The Balaban J connectivity index is 1.13. The zero-order chi connectivity index (χ0) is 24.1. The maximum Gasteiger partial charge on any atom is 0.248 e. The Kier molecular flexibility index (Phi) is 3.96. The molecule has 0 N–H and O–H groups in total. The van der Waals surface area contributed by atoms with Gasteiger partial charge in [-0.25, -0.2) is 0 Å². The molecule has 37 heavy (non-hydrogen) atoms. The van der Waals surface area contributed by atoms with Gasteiger partial charge in [0.2, 0.25) is 11.8 Å². The summed E-state index contributed by atoms with van der Waals surface area (Å²) in [5.41, 5.74) is 19.8. The minimum Gasteiger partial charge on any atom is -0.416 e. The van der Waals surface area contributed by atoms with E-state index < -0.39 is 0 Å². The lowest BCUT2D eigenvalue weighted by Gasteiger charge is -2.29. The third kappa shape index (κ3) is 2.83. The Labute approximate surface area is 216 Å². The van der Waals surface area contributed by atoms with Crippen LogP contribution in [0, 0.1) is 0 Å². The molecule has 4 aliphatic carbocycles. The molecule has 3 heteroatoms. The minimum atomic E-state index is 0.637. The highest BCUT2D eigenvalue weighted by Crippen LogP contribution is 2.46. The van der Waals surface area contributed by atoms with Gasteiger partial charge in [0.1, 0.15) is 0 Å². The molecule has 0 radical (unpaired) electrons. The first-order valence-corrected chi connectivity index (χ1v) is 13.7. The van der Waals surface area contributed by atoms with Gasteiger partial charge in [-0.3, -0.25) is 0 Å². The smallest absolute Gasteiger partial charge is 0.248 e. The molecule has 0 atom stereocenters. The van der Waals surface area contributed by atoms with Gasteiger partial charge in [0.25, 0.3) is 0 Å². The fraction of sp³-hybridized carbons (Fsp3) is 0.235. The lowest BCUT2D eigenvalue weighted by Crippen LogP contribution is -2.14. The molecule has 4 aromatic carbocycles. The SMILES string of the molecule is c1cc2c3c(c1)CCc1cc(-c4nnc(-c5cc6c7c(c5)CCc5cccc(c5-7)CC6)o4)cc(c1-3)CC2. The van der Waals surface area contributed by atoms with Crippen LogP contribution in [0.3, 0.4) is 0 Å². The Bertz CT molecular complexity index is 1570. The summed E-state index contributed by atoms with van der Waals surface area (Å²) in [7, 11) is 0. The van der Waals surface area contributed by atoms with Crippen LogP contribution in [-0.4, -0.2) is 10.2 Å². The van der Waals surface area contributed by atoms with Gasteiger partial charge in [-0.2, -0.15) is 0 Å². The molecule has 0 fully saturated rings. The summed E-state index contributed by atoms with van der Waals surface area (Å²) < 4.78 is 6.38. The first-order valence-electron chi connectivity index (χ1n) is 13.7. The van der Waals surface area contributed by atoms with E-state index in [1.807, 2.05) is 0 Å². The molecule has 3 nitrogen and oxygen atoms in total. The van der Waals surface area contributed by atoms with E-state index >= 15 is 0 Å². The van der Waals surface area contributed by atoms with Crippen molar-refractivity contribution < 1.29 is 4.42 Å². The number of hydrogen-bond acceptors (Lipinski definition) is 3. The molecular weight excluding hydrogens is 452 g/mol. The normalized spacial score (nSPS) is 15.8. The van der Waals surface area contributed by atoms with Gasteiger partial charge in [0.15, 0.2) is 0 Å². The van der Waals surface area contributed by atoms with Gasteiger partial charge >= 0.3 is 0 Å². The maximum absolute atomic E-state index is 6.38. The van der Waals surface area contributed by atoms with Crippen LogP contribution in [0.2, 0.25) is 0 Å². The number of benzene rings is 4. The molecule has 0 aliphatic heterocycles. The van der Waals surface area contributed by atoms with Crippen molar-refractivity contribution in [2.24, 2.45) is 0 Å². The Morgan fingerprint density at radius 3 is 1.05 bits per heavy atom. The second-order valence-electron chi connectivity index (χ2n) is 11.2. The number of nitrogens with zero attached hydrogens (tertiary/aromatic N) is 2. The van der Waals surface area contributed by atoms with Crippen LogP contribution in [0.25, 0.3) is 45.2 Å². The maximum atomic E-state index is 6.38. The molecule has 9 rings (SSSR count). The molecule has 1 aromatic heterocycles. The quantitative estimate of drug-likeness (QED) is 0.271. The van der Waals surface area contributed by atoms with Crippen molar-refractivity contribution in [3.8, 4) is 45.2 Å². The minimum absolute atomic E-state index is 0.637. The van der Waals surface area contributed by atoms with Gasteiger partial charge < -0.3 is 4.42 Å². The summed E-state index contributed by atoms with van der Waals surface area (Å²) >= 11 is 0. The summed E-state index contributed by atoms with van der Waals surface area (Å²) in [5.74, 6) is 1.27. The molecule has 0 saturated heterocycles. The molecule has 178 valence electrons. The number of aryl methyl sites for hydroxylation is 8. The highest BCUT2D eigenvalue weighted by molar-refractivity contribution is 5.84. The monoisotopic (exact) mass is 478 g/mol. The van der Waals surface area contributed by atoms with Gasteiger partial charge in [-0.15, -0.1) is 10.2 Å². The molecule has 5 aromatic rings. The Morgan fingerprint density at radius 1 is 0.405 bits per heavy atom. The van der Waals surface area contributed by atoms with E-state index in [0.717, 1.165) is 62.5 Å². The summed E-state index contributed by atoms with van der Waals surface area (Å²) in [6.45, 7) is 0.